The highest BCUT2D eigenvalue weighted by atomic mass is 16.5. The maximum Gasteiger partial charge on any atom is 0.247 e. The summed E-state index contributed by atoms with van der Waals surface area (Å²) in [6.07, 6.45) is 3.31. The van der Waals surface area contributed by atoms with Gasteiger partial charge in [-0.25, -0.2) is 0 Å². The van der Waals surface area contributed by atoms with E-state index in [0.29, 0.717) is 23.3 Å². The summed E-state index contributed by atoms with van der Waals surface area (Å²) in [5.41, 5.74) is 0.833. The van der Waals surface area contributed by atoms with Crippen LogP contribution in [0, 0.1) is 0 Å². The van der Waals surface area contributed by atoms with Crippen molar-refractivity contribution in [2.45, 2.75) is 19.1 Å². The van der Waals surface area contributed by atoms with Gasteiger partial charge in [-0.05, 0) is 50.4 Å². The molecule has 3 heterocycles. The van der Waals surface area contributed by atoms with Crippen molar-refractivity contribution in [3.63, 3.8) is 0 Å². The summed E-state index contributed by atoms with van der Waals surface area (Å²) in [6, 6.07) is 11.2. The zero-order valence-electron chi connectivity index (χ0n) is 14.7. The van der Waals surface area contributed by atoms with Crippen molar-refractivity contribution in [1.29, 1.82) is 0 Å². The van der Waals surface area contributed by atoms with Crippen LogP contribution in [0.5, 0.6) is 11.5 Å². The topological polar surface area (TPSA) is 73.5 Å². The van der Waals surface area contributed by atoms with Gasteiger partial charge >= 0.3 is 0 Å². The molecule has 0 radical (unpaired) electrons. The molecule has 4 rings (SSSR count). The molecule has 2 atom stereocenters. The van der Waals surface area contributed by atoms with Crippen LogP contribution in [-0.4, -0.2) is 46.3 Å². The van der Waals surface area contributed by atoms with E-state index in [-0.39, 0.29) is 12.2 Å². The second-order valence-electron chi connectivity index (χ2n) is 6.42. The van der Waals surface area contributed by atoms with Crippen molar-refractivity contribution >= 4 is 0 Å². The Morgan fingerprint density at radius 1 is 1.08 bits per heavy atom. The molecule has 0 saturated carbocycles. The monoisotopic (exact) mass is 352 g/mol. The Labute approximate surface area is 151 Å². The molecule has 0 spiro atoms. The van der Waals surface area contributed by atoms with E-state index in [2.05, 4.69) is 27.1 Å². The van der Waals surface area contributed by atoms with Gasteiger partial charge in [0.2, 0.25) is 11.8 Å². The van der Waals surface area contributed by atoms with E-state index in [1.807, 2.05) is 43.3 Å². The highest BCUT2D eigenvalue weighted by Crippen LogP contribution is 2.28. The van der Waals surface area contributed by atoms with E-state index in [4.69, 9.17) is 13.9 Å². The normalized spacial score (nSPS) is 20.8. The molecular weight excluding hydrogens is 332 g/mol. The van der Waals surface area contributed by atoms with E-state index < -0.39 is 0 Å². The smallest absolute Gasteiger partial charge is 0.247 e. The summed E-state index contributed by atoms with van der Waals surface area (Å²) in [7, 11) is 2.06. The Balaban J connectivity index is 1.47. The lowest BCUT2D eigenvalue weighted by atomic mass is 10.2. The Kier molecular flexibility index (Phi) is 4.64. The summed E-state index contributed by atoms with van der Waals surface area (Å²) in [4.78, 5) is 6.23. The van der Waals surface area contributed by atoms with E-state index in [1.54, 1.807) is 12.4 Å². The highest BCUT2D eigenvalue weighted by molar-refractivity contribution is 5.54. The number of ether oxygens (including phenoxy) is 2. The first-order valence-electron chi connectivity index (χ1n) is 8.53. The quantitative estimate of drug-likeness (QED) is 0.713. The van der Waals surface area contributed by atoms with Gasteiger partial charge in [0.15, 0.2) is 0 Å². The molecule has 1 aromatic carbocycles. The molecule has 0 unspecified atom stereocenters. The van der Waals surface area contributed by atoms with Crippen LogP contribution in [0.3, 0.4) is 0 Å². The second kappa shape index (κ2) is 7.23. The average molecular weight is 352 g/mol. The summed E-state index contributed by atoms with van der Waals surface area (Å²) < 4.78 is 17.5. The van der Waals surface area contributed by atoms with E-state index in [1.165, 1.54) is 0 Å². The molecule has 26 heavy (non-hydrogen) atoms. The molecule has 3 aromatic rings. The summed E-state index contributed by atoms with van der Waals surface area (Å²) in [5.74, 6) is 2.38. The fourth-order valence-corrected chi connectivity index (χ4v) is 2.99. The Morgan fingerprint density at radius 3 is 2.65 bits per heavy atom. The number of pyridine rings is 1. The second-order valence-corrected chi connectivity index (χ2v) is 6.42. The van der Waals surface area contributed by atoms with Gasteiger partial charge in [-0.15, -0.1) is 10.2 Å². The van der Waals surface area contributed by atoms with Crippen molar-refractivity contribution in [2.24, 2.45) is 0 Å². The molecule has 0 bridgehead atoms. The van der Waals surface area contributed by atoms with Crippen molar-refractivity contribution in [1.82, 2.24) is 20.1 Å². The standard InChI is InChI=1S/C19H20N4O3/c1-13-11-23(2)12-17(24-13)19-22-21-18(26-19)14-5-7-15(8-6-14)25-16-4-3-9-20-10-16/h3-10,13,17H,11-12H2,1-2H3/t13-,17-/m1/s1. The van der Waals surface area contributed by atoms with Crippen LogP contribution >= 0.6 is 0 Å². The van der Waals surface area contributed by atoms with Gasteiger partial charge in [0, 0.05) is 24.8 Å². The summed E-state index contributed by atoms with van der Waals surface area (Å²) >= 11 is 0. The lowest BCUT2D eigenvalue weighted by Crippen LogP contribution is -2.40. The van der Waals surface area contributed by atoms with Crippen molar-refractivity contribution in [3.05, 3.63) is 54.7 Å². The van der Waals surface area contributed by atoms with Gasteiger partial charge in [0.1, 0.15) is 17.6 Å². The van der Waals surface area contributed by atoms with Gasteiger partial charge < -0.3 is 18.8 Å². The van der Waals surface area contributed by atoms with E-state index >= 15 is 0 Å². The van der Waals surface area contributed by atoms with E-state index in [9.17, 15) is 0 Å². The molecule has 7 heteroatoms. The molecule has 134 valence electrons. The maximum atomic E-state index is 5.91. The van der Waals surface area contributed by atoms with E-state index in [0.717, 1.165) is 18.7 Å². The minimum atomic E-state index is -0.196. The number of hydrogen-bond acceptors (Lipinski definition) is 7. The maximum absolute atomic E-state index is 5.91. The highest BCUT2D eigenvalue weighted by Gasteiger charge is 2.28. The van der Waals surface area contributed by atoms with Gasteiger partial charge in [0.25, 0.3) is 0 Å². The van der Waals surface area contributed by atoms with Crippen molar-refractivity contribution in [3.8, 4) is 23.0 Å². The molecular formula is C19H20N4O3. The zero-order valence-corrected chi connectivity index (χ0v) is 14.7. The first kappa shape index (κ1) is 16.7. The molecule has 1 saturated heterocycles. The lowest BCUT2D eigenvalue weighted by Gasteiger charge is -2.32. The number of hydrogen-bond donors (Lipinski definition) is 0. The number of nitrogens with zero attached hydrogens (tertiary/aromatic N) is 4. The summed E-state index contributed by atoms with van der Waals surface area (Å²) in [5, 5.41) is 8.33. The number of rotatable bonds is 4. The van der Waals surface area contributed by atoms with Crippen molar-refractivity contribution < 1.29 is 13.9 Å². The third kappa shape index (κ3) is 3.74. The molecule has 1 aliphatic heterocycles. The first-order valence-corrected chi connectivity index (χ1v) is 8.53. The predicted molar refractivity (Wildman–Crippen MR) is 94.8 cm³/mol. The van der Waals surface area contributed by atoms with Gasteiger partial charge in [-0.2, -0.15) is 0 Å². The first-order chi connectivity index (χ1) is 12.7. The molecule has 0 amide bonds. The number of aromatic nitrogens is 3. The number of morpholine rings is 1. The Morgan fingerprint density at radius 2 is 1.92 bits per heavy atom. The van der Waals surface area contributed by atoms with Crippen LogP contribution in [0.25, 0.3) is 11.5 Å². The zero-order chi connectivity index (χ0) is 17.9. The fourth-order valence-electron chi connectivity index (χ4n) is 2.99. The van der Waals surface area contributed by atoms with Gasteiger partial charge in [-0.3, -0.25) is 4.98 Å². The molecule has 1 fully saturated rings. The number of likely N-dealkylation sites (N-methyl/N-ethyl adjacent to an activating group) is 1. The third-order valence-electron chi connectivity index (χ3n) is 4.13. The SMILES string of the molecule is C[C@@H]1CN(C)C[C@H](c2nnc(-c3ccc(Oc4cccnc4)cc3)o2)O1. The Hall–Kier alpha value is -2.77. The minimum Gasteiger partial charge on any atom is -0.456 e. The van der Waals surface area contributed by atoms with Crippen LogP contribution in [0.4, 0.5) is 0 Å². The average Bonchev–Trinajstić information content (AvgIpc) is 3.13. The van der Waals surface area contributed by atoms with Gasteiger partial charge in [0.05, 0.1) is 12.3 Å². The van der Waals surface area contributed by atoms with Crippen LogP contribution < -0.4 is 4.74 Å². The Bertz CT molecular complexity index is 841. The van der Waals surface area contributed by atoms with Crippen LogP contribution in [0.2, 0.25) is 0 Å². The molecule has 2 aromatic heterocycles. The van der Waals surface area contributed by atoms with Crippen LogP contribution in [0.15, 0.2) is 53.2 Å². The lowest BCUT2D eigenvalue weighted by molar-refractivity contribution is -0.0821. The van der Waals surface area contributed by atoms with Crippen LogP contribution in [0.1, 0.15) is 18.9 Å². The van der Waals surface area contributed by atoms with Crippen LogP contribution in [-0.2, 0) is 4.74 Å². The molecule has 0 aliphatic carbocycles. The summed E-state index contributed by atoms with van der Waals surface area (Å²) in [6.45, 7) is 3.68. The van der Waals surface area contributed by atoms with Crippen molar-refractivity contribution in [2.75, 3.05) is 20.1 Å². The number of benzene rings is 1. The molecule has 7 nitrogen and oxygen atoms in total. The minimum absolute atomic E-state index is 0.137. The third-order valence-corrected chi connectivity index (χ3v) is 4.13. The van der Waals surface area contributed by atoms with Gasteiger partial charge in [-0.1, -0.05) is 0 Å². The molecule has 0 N–H and O–H groups in total. The predicted octanol–water partition coefficient (Wildman–Crippen LogP) is 3.32. The fraction of sp³-hybridized carbons (Fsp3) is 0.316. The largest absolute Gasteiger partial charge is 0.456 e. The molecule has 1 aliphatic rings.